The Hall–Kier alpha value is -3.33. The first-order valence-electron chi connectivity index (χ1n) is 11.3. The number of quaternary nitrogens is 1. The average Bonchev–Trinajstić information content (AvgIpc) is 2.82. The predicted molar refractivity (Wildman–Crippen MR) is 133 cm³/mol. The lowest BCUT2D eigenvalue weighted by molar-refractivity contribution is 0.0761. The Bertz CT molecular complexity index is 1150. The quantitative estimate of drug-likeness (QED) is 0.364. The van der Waals surface area contributed by atoms with Crippen LogP contribution in [-0.2, 0) is 13.0 Å². The second-order valence-corrected chi connectivity index (χ2v) is 9.02. The number of amides is 1. The van der Waals surface area contributed by atoms with Crippen LogP contribution >= 0.6 is 0 Å². The molecule has 4 N–H and O–H groups in total. The number of aliphatic hydroxyl groups is 1. The van der Waals surface area contributed by atoms with E-state index in [0.29, 0.717) is 23.4 Å². The summed E-state index contributed by atoms with van der Waals surface area (Å²) in [5, 5.41) is 14.6. The van der Waals surface area contributed by atoms with Gasteiger partial charge < -0.3 is 20.9 Å². The molecule has 2 atom stereocenters. The third-order valence-corrected chi connectivity index (χ3v) is 6.25. The number of benzene rings is 3. The molecule has 186 valence electrons. The van der Waals surface area contributed by atoms with E-state index < -0.39 is 29.7 Å². The summed E-state index contributed by atoms with van der Waals surface area (Å²) < 4.78 is 33.2. The lowest BCUT2D eigenvalue weighted by Gasteiger charge is -2.41. The van der Waals surface area contributed by atoms with Crippen molar-refractivity contribution in [1.82, 2.24) is 9.80 Å². The van der Waals surface area contributed by atoms with Crippen LogP contribution in [0.25, 0.3) is 0 Å². The van der Waals surface area contributed by atoms with Crippen molar-refractivity contribution in [2.75, 3.05) is 27.7 Å². The zero-order valence-electron chi connectivity index (χ0n) is 20.2. The number of methoxy groups -OCH3 is 1. The molecule has 0 radical (unpaired) electrons. The van der Waals surface area contributed by atoms with Gasteiger partial charge in [-0.2, -0.15) is 0 Å². The van der Waals surface area contributed by atoms with E-state index >= 15 is 0 Å². The van der Waals surface area contributed by atoms with Gasteiger partial charge in [-0.1, -0.05) is 24.3 Å². The van der Waals surface area contributed by atoms with Gasteiger partial charge in [-0.05, 0) is 47.5 Å². The van der Waals surface area contributed by atoms with Crippen molar-refractivity contribution in [1.29, 1.82) is 0 Å². The fourth-order valence-corrected chi connectivity index (χ4v) is 4.41. The van der Waals surface area contributed by atoms with Gasteiger partial charge in [0.05, 0.1) is 26.8 Å². The first kappa shape index (κ1) is 26.3. The van der Waals surface area contributed by atoms with Crippen LogP contribution in [0.2, 0.25) is 0 Å². The van der Waals surface area contributed by atoms with Crippen LogP contribution in [0.4, 0.5) is 14.5 Å². The fourth-order valence-electron chi connectivity index (χ4n) is 4.41. The summed E-state index contributed by atoms with van der Waals surface area (Å²) in [5.41, 5.74) is 7.93. The standard InChI is InChI=1S/C27H31F2N3O3/c1-32(2,24-10-5-4-9-23(24)27(30)34)25(14-19-11-20(28)15-21(29)12-19)26(33)17-31-16-18-7-6-8-22(13-18)35-3/h4-13,15,25-26,31,33H,14,16-17H2,1-3H3,(H-,30,34)/p+1. The Morgan fingerprint density at radius 2 is 1.71 bits per heavy atom. The van der Waals surface area contributed by atoms with E-state index in [1.165, 1.54) is 12.1 Å². The maximum Gasteiger partial charge on any atom is 0.254 e. The molecule has 0 spiro atoms. The molecule has 0 saturated heterocycles. The van der Waals surface area contributed by atoms with E-state index in [4.69, 9.17) is 10.5 Å². The molecule has 6 nitrogen and oxygen atoms in total. The van der Waals surface area contributed by atoms with Crippen molar-refractivity contribution in [3.63, 3.8) is 0 Å². The molecule has 3 aromatic carbocycles. The minimum absolute atomic E-state index is 0.0687. The van der Waals surface area contributed by atoms with E-state index in [1.807, 2.05) is 38.4 Å². The summed E-state index contributed by atoms with van der Waals surface area (Å²) in [6.45, 7) is 0.695. The largest absolute Gasteiger partial charge is 0.497 e. The SMILES string of the molecule is COc1cccc(CNCC(O)C(Cc2cc(F)cc(F)c2)[N+](C)(C)c2ccccc2C(N)=O)c1. The predicted octanol–water partition coefficient (Wildman–Crippen LogP) is 3.40. The van der Waals surface area contributed by atoms with Crippen molar-refractivity contribution in [2.45, 2.75) is 25.1 Å². The molecule has 0 aromatic heterocycles. The lowest BCUT2D eigenvalue weighted by atomic mass is 9.95. The number of primary amides is 1. The number of carbonyl (C=O) groups is 1. The van der Waals surface area contributed by atoms with E-state index in [2.05, 4.69) is 5.32 Å². The van der Waals surface area contributed by atoms with Crippen LogP contribution in [0.15, 0.2) is 66.7 Å². The highest BCUT2D eigenvalue weighted by Gasteiger charge is 2.38. The number of nitrogens with two attached hydrogens (primary N) is 1. The maximum atomic E-state index is 13.9. The minimum Gasteiger partial charge on any atom is -0.497 e. The highest BCUT2D eigenvalue weighted by Crippen LogP contribution is 2.30. The number of nitrogens with zero attached hydrogens (tertiary/aromatic N) is 1. The van der Waals surface area contributed by atoms with Crippen molar-refractivity contribution in [2.24, 2.45) is 5.73 Å². The van der Waals surface area contributed by atoms with Gasteiger partial charge >= 0.3 is 0 Å². The maximum absolute atomic E-state index is 13.9. The minimum atomic E-state index is -0.928. The van der Waals surface area contributed by atoms with Crippen molar-refractivity contribution < 1.29 is 23.4 Å². The van der Waals surface area contributed by atoms with E-state index in [9.17, 15) is 18.7 Å². The third kappa shape index (κ3) is 6.63. The van der Waals surface area contributed by atoms with Gasteiger partial charge in [0.15, 0.2) is 0 Å². The zero-order chi connectivity index (χ0) is 25.6. The summed E-state index contributed by atoms with van der Waals surface area (Å²) in [5.74, 6) is -1.23. The normalized spacial score (nSPS) is 13.3. The average molecular weight is 485 g/mol. The number of para-hydroxylation sites is 1. The Labute approximate surface area is 204 Å². The number of likely N-dealkylation sites (N-methyl/N-ethyl adjacent to an activating group) is 1. The van der Waals surface area contributed by atoms with Crippen LogP contribution in [0.1, 0.15) is 21.5 Å². The molecular formula is C27H32F2N3O3+. The molecule has 2 unspecified atom stereocenters. The number of halogens is 2. The van der Waals surface area contributed by atoms with Crippen LogP contribution < -0.4 is 20.3 Å². The van der Waals surface area contributed by atoms with E-state index in [1.54, 1.807) is 31.4 Å². The van der Waals surface area contributed by atoms with Gasteiger partial charge in [-0.15, -0.1) is 0 Å². The molecule has 0 aliphatic carbocycles. The second kappa shape index (κ2) is 11.4. The Kier molecular flexibility index (Phi) is 8.56. The molecule has 0 fully saturated rings. The van der Waals surface area contributed by atoms with Crippen molar-refractivity contribution in [3.8, 4) is 5.75 Å². The van der Waals surface area contributed by atoms with Gasteiger partial charge in [0.2, 0.25) is 0 Å². The number of rotatable bonds is 11. The van der Waals surface area contributed by atoms with Crippen molar-refractivity contribution in [3.05, 3.63) is 95.1 Å². The molecule has 35 heavy (non-hydrogen) atoms. The van der Waals surface area contributed by atoms with Gasteiger partial charge in [0.25, 0.3) is 5.91 Å². The number of ether oxygens (including phenoxy) is 1. The number of carbonyl (C=O) groups excluding carboxylic acids is 1. The van der Waals surface area contributed by atoms with Crippen molar-refractivity contribution >= 4 is 11.6 Å². The van der Waals surface area contributed by atoms with E-state index in [-0.39, 0.29) is 17.4 Å². The smallest absolute Gasteiger partial charge is 0.254 e. The Morgan fingerprint density at radius 3 is 2.37 bits per heavy atom. The number of hydrogen-bond acceptors (Lipinski definition) is 4. The molecular weight excluding hydrogens is 452 g/mol. The first-order valence-corrected chi connectivity index (χ1v) is 11.3. The van der Waals surface area contributed by atoms with Crippen LogP contribution in [0.3, 0.4) is 0 Å². The molecule has 0 saturated carbocycles. The van der Waals surface area contributed by atoms with E-state index in [0.717, 1.165) is 17.4 Å². The molecule has 0 bridgehead atoms. The Morgan fingerprint density at radius 1 is 1.03 bits per heavy atom. The molecule has 8 heteroatoms. The van der Waals surface area contributed by atoms with Crippen LogP contribution in [0.5, 0.6) is 5.75 Å². The zero-order valence-corrected chi connectivity index (χ0v) is 20.2. The summed E-state index contributed by atoms with van der Waals surface area (Å²) in [4.78, 5) is 12.1. The third-order valence-electron chi connectivity index (χ3n) is 6.25. The molecule has 0 aliphatic heterocycles. The number of nitrogens with one attached hydrogen (secondary N) is 1. The first-order chi connectivity index (χ1) is 16.6. The molecule has 3 rings (SSSR count). The topological polar surface area (TPSA) is 84.6 Å². The lowest BCUT2D eigenvalue weighted by Crippen LogP contribution is -2.59. The fraction of sp³-hybridized carbons (Fsp3) is 0.296. The number of hydrogen-bond donors (Lipinski definition) is 3. The highest BCUT2D eigenvalue weighted by molar-refractivity contribution is 5.98. The van der Waals surface area contributed by atoms with Gasteiger partial charge in [-0.3, -0.25) is 9.28 Å². The summed E-state index contributed by atoms with van der Waals surface area (Å²) in [7, 11) is 5.28. The van der Waals surface area contributed by atoms with Gasteiger partial charge in [0.1, 0.15) is 35.2 Å². The van der Waals surface area contributed by atoms with Gasteiger partial charge in [-0.25, -0.2) is 8.78 Å². The highest BCUT2D eigenvalue weighted by atomic mass is 19.1. The molecule has 1 amide bonds. The van der Waals surface area contributed by atoms with Crippen LogP contribution in [-0.4, -0.2) is 50.9 Å². The monoisotopic (exact) mass is 484 g/mol. The summed E-state index contributed by atoms with van der Waals surface area (Å²) in [6, 6.07) is 17.2. The summed E-state index contributed by atoms with van der Waals surface area (Å²) >= 11 is 0. The molecule has 0 aliphatic rings. The number of aliphatic hydroxyl groups excluding tert-OH is 1. The van der Waals surface area contributed by atoms with Crippen LogP contribution in [0, 0.1) is 11.6 Å². The molecule has 0 heterocycles. The van der Waals surface area contributed by atoms with Gasteiger partial charge in [0, 0.05) is 25.6 Å². The molecule has 3 aromatic rings. The summed E-state index contributed by atoms with van der Waals surface area (Å²) in [6.07, 6.45) is -0.764. The Balaban J connectivity index is 1.89. The second-order valence-electron chi connectivity index (χ2n) is 9.02.